The number of carbonyl (C=O) groups excluding carboxylic acids is 2. The van der Waals surface area contributed by atoms with E-state index in [1.807, 2.05) is 24.8 Å². The third-order valence-electron chi connectivity index (χ3n) is 16.3. The molecule has 10 heteroatoms. The number of ether oxygens (including phenoxy) is 2. The van der Waals surface area contributed by atoms with Crippen molar-refractivity contribution in [1.29, 1.82) is 0 Å². The molecule has 2 aromatic carbocycles. The van der Waals surface area contributed by atoms with Gasteiger partial charge in [-0.15, -0.1) is 0 Å². The van der Waals surface area contributed by atoms with Crippen LogP contribution in [0.25, 0.3) is 22.8 Å². The molecule has 2 saturated carbocycles. The zero-order chi connectivity index (χ0) is 54.7. The molecule has 0 spiro atoms. The molecule has 0 unspecified atom stereocenters. The zero-order valence-corrected chi connectivity index (χ0v) is 48.4. The maximum Gasteiger partial charge on any atom is 0.341 e. The molecule has 2 aliphatic carbocycles. The van der Waals surface area contributed by atoms with Gasteiger partial charge in [0.25, 0.3) is 0 Å². The monoisotopic (exact) mass is 1060 g/mol. The number of hydrogen-bond acceptors (Lipinski definition) is 8. The molecule has 2 fully saturated rings. The normalized spacial score (nSPS) is 17.4. The molecule has 0 amide bonds. The van der Waals surface area contributed by atoms with Gasteiger partial charge in [0, 0.05) is 35.9 Å². The van der Waals surface area contributed by atoms with Crippen LogP contribution in [0.2, 0.25) is 0 Å². The Kier molecular flexibility index (Phi) is 31.3. The maximum atomic E-state index is 14.9. The van der Waals surface area contributed by atoms with Gasteiger partial charge in [0.1, 0.15) is 23.8 Å². The molecule has 2 heterocycles. The minimum Gasteiger partial charge on any atom is -0.459 e. The van der Waals surface area contributed by atoms with E-state index in [0.717, 1.165) is 100 Å². The number of esters is 2. The van der Waals surface area contributed by atoms with Gasteiger partial charge < -0.3 is 9.47 Å². The highest BCUT2D eigenvalue weighted by molar-refractivity contribution is 5.91. The maximum absolute atomic E-state index is 14.9. The summed E-state index contributed by atoms with van der Waals surface area (Å²) in [5.74, 6) is 0.135. The molecule has 0 bridgehead atoms. The van der Waals surface area contributed by atoms with Crippen molar-refractivity contribution in [1.82, 2.24) is 19.9 Å². The molecular formula is C67H100F2N4O4. The Hall–Kier alpha value is -4.60. The molecule has 0 aliphatic heterocycles. The van der Waals surface area contributed by atoms with Crippen LogP contribution in [-0.4, -0.2) is 44.1 Å². The molecule has 0 N–H and O–H groups in total. The molecule has 0 saturated heterocycles. The van der Waals surface area contributed by atoms with Gasteiger partial charge in [-0.1, -0.05) is 200 Å². The Morgan fingerprint density at radius 2 is 0.714 bits per heavy atom. The van der Waals surface area contributed by atoms with E-state index >= 15 is 0 Å². The summed E-state index contributed by atoms with van der Waals surface area (Å²) in [6.07, 6.45) is 51.9. The molecule has 0 atom stereocenters. The fraction of sp³-hybridized carbons (Fsp3) is 0.672. The number of aromatic nitrogens is 4. The number of unbranched alkanes of at least 4 members (excludes halogenated alkanes) is 21. The highest BCUT2D eigenvalue weighted by Gasteiger charge is 2.27. The Balaban J connectivity index is 0.000000284. The van der Waals surface area contributed by atoms with Gasteiger partial charge in [-0.3, -0.25) is 0 Å². The largest absolute Gasteiger partial charge is 0.459 e. The predicted octanol–water partition coefficient (Wildman–Crippen LogP) is 19.7. The second-order valence-corrected chi connectivity index (χ2v) is 22.8. The first kappa shape index (κ1) is 63.2. The lowest BCUT2D eigenvalue weighted by atomic mass is 9.84. The number of halogens is 2. The van der Waals surface area contributed by atoms with E-state index < -0.39 is 23.6 Å². The van der Waals surface area contributed by atoms with E-state index in [0.29, 0.717) is 22.8 Å². The number of nitrogens with zero attached hydrogens (tertiary/aromatic N) is 4. The van der Waals surface area contributed by atoms with Gasteiger partial charge >= 0.3 is 11.9 Å². The summed E-state index contributed by atoms with van der Waals surface area (Å²) < 4.78 is 41.2. The zero-order valence-electron chi connectivity index (χ0n) is 48.4. The predicted molar refractivity (Wildman–Crippen MR) is 312 cm³/mol. The Labute approximate surface area is 465 Å². The molecule has 2 aliphatic rings. The van der Waals surface area contributed by atoms with E-state index in [1.54, 1.807) is 12.1 Å². The number of benzene rings is 2. The van der Waals surface area contributed by atoms with Crippen LogP contribution < -0.4 is 0 Å². The van der Waals surface area contributed by atoms with E-state index in [2.05, 4.69) is 47.6 Å². The first-order valence-corrected chi connectivity index (χ1v) is 31.3. The van der Waals surface area contributed by atoms with E-state index in [4.69, 9.17) is 9.47 Å². The first-order chi connectivity index (χ1) is 37.7. The third-order valence-corrected chi connectivity index (χ3v) is 16.3. The Bertz CT molecular complexity index is 2200. The first-order valence-electron chi connectivity index (χ1n) is 31.3. The van der Waals surface area contributed by atoms with Gasteiger partial charge in [-0.2, -0.15) is 0 Å². The number of carbonyl (C=O) groups is 2. The average molecular weight is 1060 g/mol. The van der Waals surface area contributed by atoms with Crippen LogP contribution in [0.1, 0.15) is 284 Å². The summed E-state index contributed by atoms with van der Waals surface area (Å²) in [6.45, 7) is 8.97. The summed E-state index contributed by atoms with van der Waals surface area (Å²) in [5, 5.41) is 0. The lowest BCUT2D eigenvalue weighted by Crippen LogP contribution is -2.25. The number of hydrogen-bond donors (Lipinski definition) is 0. The lowest BCUT2D eigenvalue weighted by molar-refractivity contribution is 0.0147. The molecule has 2 aromatic heterocycles. The van der Waals surface area contributed by atoms with E-state index in [-0.39, 0.29) is 23.3 Å². The third kappa shape index (κ3) is 24.5. The molecule has 6 rings (SSSR count). The van der Waals surface area contributed by atoms with Crippen molar-refractivity contribution in [2.75, 3.05) is 0 Å². The van der Waals surface area contributed by atoms with Crippen molar-refractivity contribution in [2.45, 2.75) is 277 Å². The second kappa shape index (κ2) is 38.1. The molecule has 77 heavy (non-hydrogen) atoms. The van der Waals surface area contributed by atoms with Crippen LogP contribution in [-0.2, 0) is 22.3 Å². The molecular weight excluding hydrogens is 963 g/mol. The van der Waals surface area contributed by atoms with Crippen LogP contribution in [0, 0.1) is 23.5 Å². The molecule has 426 valence electrons. The average Bonchev–Trinajstić information content (AvgIpc) is 3.45. The number of aryl methyl sites for hydroxylation is 2. The number of rotatable bonds is 35. The lowest BCUT2D eigenvalue weighted by Gasteiger charge is -2.28. The summed E-state index contributed by atoms with van der Waals surface area (Å²) >= 11 is 0. The van der Waals surface area contributed by atoms with Crippen molar-refractivity contribution in [3.05, 3.63) is 95.1 Å². The summed E-state index contributed by atoms with van der Waals surface area (Å²) in [5.41, 5.74) is 3.33. The van der Waals surface area contributed by atoms with E-state index in [9.17, 15) is 18.4 Å². The Morgan fingerprint density at radius 3 is 1.03 bits per heavy atom. The summed E-state index contributed by atoms with van der Waals surface area (Å²) in [7, 11) is 0. The highest BCUT2D eigenvalue weighted by Crippen LogP contribution is 2.33. The summed E-state index contributed by atoms with van der Waals surface area (Å²) in [4.78, 5) is 43.2. The second-order valence-electron chi connectivity index (χ2n) is 22.8. The van der Waals surface area contributed by atoms with Crippen molar-refractivity contribution < 1.29 is 27.8 Å². The van der Waals surface area contributed by atoms with E-state index in [1.165, 1.54) is 185 Å². The van der Waals surface area contributed by atoms with Crippen LogP contribution in [0.3, 0.4) is 0 Å². The van der Waals surface area contributed by atoms with Crippen molar-refractivity contribution in [2.24, 2.45) is 11.8 Å². The van der Waals surface area contributed by atoms with Crippen LogP contribution in [0.5, 0.6) is 0 Å². The van der Waals surface area contributed by atoms with Gasteiger partial charge in [-0.25, -0.2) is 38.3 Å². The van der Waals surface area contributed by atoms with Gasteiger partial charge in [0.2, 0.25) is 0 Å². The van der Waals surface area contributed by atoms with Crippen LogP contribution >= 0.6 is 0 Å². The fourth-order valence-electron chi connectivity index (χ4n) is 11.2. The van der Waals surface area contributed by atoms with Crippen molar-refractivity contribution >= 4 is 11.9 Å². The molecule has 4 aromatic rings. The van der Waals surface area contributed by atoms with Crippen molar-refractivity contribution in [3.8, 4) is 22.8 Å². The Morgan fingerprint density at radius 1 is 0.416 bits per heavy atom. The highest BCUT2D eigenvalue weighted by atomic mass is 19.1. The minimum absolute atomic E-state index is 0.0106. The smallest absolute Gasteiger partial charge is 0.341 e. The fourth-order valence-corrected chi connectivity index (χ4v) is 11.2. The summed E-state index contributed by atoms with van der Waals surface area (Å²) in [6, 6.07) is 9.12. The van der Waals surface area contributed by atoms with Crippen LogP contribution in [0.4, 0.5) is 8.78 Å². The standard InChI is InChI=1S/C34H51FN2O2.C33H49FN2O2/c1-3-5-7-9-11-13-15-17-28-25-36-33(37-26-28)29-20-23-31(32(35)24-29)34(38)39-30-21-18-27(19-22-30)16-14-12-10-8-6-4-2;1-3-5-7-9-10-12-14-16-27-24-35-32(36-25-27)28-19-22-30(31(34)23-28)33(37)38-29-20-17-26(18-21-29)15-13-11-8-6-4-2/h20,23-27,30H,3-19,21-22H2,1-2H3;19,22-26,29H,3-18,20-21H2,1-2H3. The van der Waals surface area contributed by atoms with Gasteiger partial charge in [-0.05, 0) is 124 Å². The van der Waals surface area contributed by atoms with Gasteiger partial charge in [0.05, 0.1) is 11.1 Å². The molecule has 8 nitrogen and oxygen atoms in total. The van der Waals surface area contributed by atoms with Crippen molar-refractivity contribution in [3.63, 3.8) is 0 Å². The topological polar surface area (TPSA) is 104 Å². The van der Waals surface area contributed by atoms with Gasteiger partial charge in [0.15, 0.2) is 11.6 Å². The molecule has 0 radical (unpaired) electrons. The van der Waals surface area contributed by atoms with Crippen LogP contribution in [0.15, 0.2) is 61.2 Å². The minimum atomic E-state index is -0.580. The SMILES string of the molecule is CCCCCCCCCc1cnc(-c2ccc(C(=O)OC3CCC(CCCCCCC)CC3)c(F)c2)nc1.CCCCCCCCCc1cnc(-c2ccc(C(=O)OC3CCC(CCCCCCCC)CC3)c(F)c2)nc1. The quantitative estimate of drug-likeness (QED) is 0.0331.